The number of para-hydroxylation sites is 1. The van der Waals surface area contributed by atoms with E-state index in [0.29, 0.717) is 35.8 Å². The zero-order valence-electron chi connectivity index (χ0n) is 19.4. The van der Waals surface area contributed by atoms with Crippen molar-refractivity contribution in [3.8, 4) is 0 Å². The first kappa shape index (κ1) is 23.1. The van der Waals surface area contributed by atoms with Crippen LogP contribution in [-0.4, -0.2) is 41.0 Å². The summed E-state index contributed by atoms with van der Waals surface area (Å²) in [4.78, 5) is 31.0. The van der Waals surface area contributed by atoms with Gasteiger partial charge in [-0.3, -0.25) is 14.2 Å². The standard InChI is InChI=1S/C27H31N3O3S/c31-24(28-19-27(14-16-33-17-15-27)20-8-2-1-3-9-20)18-34-26-29-23-13-7-6-12-22(23)25(32)30(26)21-10-4-5-11-21/h1-3,6-9,12-13,21H,4-5,10-11,14-19H2,(H,28,31). The minimum absolute atomic E-state index is 0.00523. The molecule has 0 radical (unpaired) electrons. The topological polar surface area (TPSA) is 73.2 Å². The van der Waals surface area contributed by atoms with Gasteiger partial charge in [-0.1, -0.05) is 67.1 Å². The van der Waals surface area contributed by atoms with E-state index >= 15 is 0 Å². The number of nitrogens with zero attached hydrogens (tertiary/aromatic N) is 2. The molecule has 178 valence electrons. The number of fused-ring (bicyclic) bond motifs is 1. The molecular weight excluding hydrogens is 446 g/mol. The molecule has 2 fully saturated rings. The molecule has 0 spiro atoms. The number of hydrogen-bond donors (Lipinski definition) is 1. The SMILES string of the molecule is O=C(CSc1nc2ccccc2c(=O)n1C1CCCC1)NCC1(c2ccccc2)CCOCC1. The van der Waals surface area contributed by atoms with Gasteiger partial charge in [0.15, 0.2) is 5.16 Å². The molecule has 1 amide bonds. The van der Waals surface area contributed by atoms with E-state index in [-0.39, 0.29) is 28.7 Å². The molecule has 3 aromatic rings. The van der Waals surface area contributed by atoms with E-state index in [1.54, 1.807) is 0 Å². The van der Waals surface area contributed by atoms with Crippen molar-refractivity contribution in [3.05, 3.63) is 70.5 Å². The van der Waals surface area contributed by atoms with Gasteiger partial charge in [0.2, 0.25) is 5.91 Å². The fraction of sp³-hybridized carbons (Fsp3) is 0.444. The zero-order valence-corrected chi connectivity index (χ0v) is 20.2. The molecule has 1 saturated heterocycles. The molecule has 2 aliphatic rings. The number of carbonyl (C=O) groups is 1. The summed E-state index contributed by atoms with van der Waals surface area (Å²) in [7, 11) is 0. The van der Waals surface area contributed by atoms with Gasteiger partial charge in [-0.25, -0.2) is 4.98 Å². The largest absolute Gasteiger partial charge is 0.381 e. The number of nitrogens with one attached hydrogen (secondary N) is 1. The summed E-state index contributed by atoms with van der Waals surface area (Å²) in [5.41, 5.74) is 1.84. The van der Waals surface area contributed by atoms with E-state index < -0.39 is 0 Å². The number of amides is 1. The number of aromatic nitrogens is 2. The second-order valence-corrected chi connectivity index (χ2v) is 10.3. The number of thioether (sulfide) groups is 1. The molecule has 6 nitrogen and oxygen atoms in total. The van der Waals surface area contributed by atoms with Crippen molar-refractivity contribution >= 4 is 28.6 Å². The lowest BCUT2D eigenvalue weighted by atomic mass is 9.74. The molecule has 0 atom stereocenters. The normalized spacial score (nSPS) is 18.2. The van der Waals surface area contributed by atoms with Crippen molar-refractivity contribution in [3.63, 3.8) is 0 Å². The Labute approximate surface area is 204 Å². The van der Waals surface area contributed by atoms with Crippen LogP contribution >= 0.6 is 11.8 Å². The van der Waals surface area contributed by atoms with Crippen LogP contribution in [0.4, 0.5) is 0 Å². The van der Waals surface area contributed by atoms with Crippen molar-refractivity contribution in [2.45, 2.75) is 55.1 Å². The van der Waals surface area contributed by atoms with Crippen LogP contribution in [0.1, 0.15) is 50.1 Å². The molecule has 1 saturated carbocycles. The van der Waals surface area contributed by atoms with Crippen LogP contribution < -0.4 is 10.9 Å². The number of benzene rings is 2. The Morgan fingerprint density at radius 2 is 1.76 bits per heavy atom. The smallest absolute Gasteiger partial charge is 0.262 e. The summed E-state index contributed by atoms with van der Waals surface area (Å²) in [6, 6.07) is 18.1. The highest BCUT2D eigenvalue weighted by molar-refractivity contribution is 7.99. The first-order valence-electron chi connectivity index (χ1n) is 12.2. The maximum atomic E-state index is 13.3. The monoisotopic (exact) mass is 477 g/mol. The van der Waals surface area contributed by atoms with Gasteiger partial charge in [0.1, 0.15) is 0 Å². The summed E-state index contributed by atoms with van der Waals surface area (Å²) in [5, 5.41) is 4.47. The van der Waals surface area contributed by atoms with E-state index in [0.717, 1.165) is 38.5 Å². The minimum atomic E-state index is -0.104. The van der Waals surface area contributed by atoms with E-state index in [9.17, 15) is 9.59 Å². The van der Waals surface area contributed by atoms with Crippen LogP contribution in [0.15, 0.2) is 64.5 Å². The molecular formula is C27H31N3O3S. The summed E-state index contributed by atoms with van der Waals surface area (Å²) in [6.45, 7) is 1.99. The van der Waals surface area contributed by atoms with Crippen molar-refractivity contribution in [2.24, 2.45) is 0 Å². The average Bonchev–Trinajstić information content (AvgIpc) is 3.42. The molecule has 2 heterocycles. The third kappa shape index (κ3) is 4.77. The van der Waals surface area contributed by atoms with Crippen molar-refractivity contribution < 1.29 is 9.53 Å². The summed E-state index contributed by atoms with van der Waals surface area (Å²) in [5.74, 6) is 0.200. The van der Waals surface area contributed by atoms with Crippen LogP contribution in [0.3, 0.4) is 0 Å². The lowest BCUT2D eigenvalue weighted by Crippen LogP contribution is -2.45. The molecule has 0 bridgehead atoms. The molecule has 1 N–H and O–H groups in total. The second kappa shape index (κ2) is 10.3. The molecule has 0 unspecified atom stereocenters. The van der Waals surface area contributed by atoms with Gasteiger partial charge in [-0.2, -0.15) is 0 Å². The van der Waals surface area contributed by atoms with Crippen LogP contribution in [-0.2, 0) is 14.9 Å². The molecule has 7 heteroatoms. The Hall–Kier alpha value is -2.64. The van der Waals surface area contributed by atoms with Crippen molar-refractivity contribution in [1.82, 2.24) is 14.9 Å². The van der Waals surface area contributed by atoms with Gasteiger partial charge in [-0.05, 0) is 43.4 Å². The maximum absolute atomic E-state index is 13.3. The molecule has 1 aliphatic carbocycles. The Kier molecular flexibility index (Phi) is 7.02. The quantitative estimate of drug-likeness (QED) is 0.402. The molecule has 34 heavy (non-hydrogen) atoms. The first-order chi connectivity index (χ1) is 16.7. The fourth-order valence-electron chi connectivity index (χ4n) is 5.28. The summed E-state index contributed by atoms with van der Waals surface area (Å²) >= 11 is 1.37. The highest BCUT2D eigenvalue weighted by Crippen LogP contribution is 2.35. The Balaban J connectivity index is 1.32. The third-order valence-electron chi connectivity index (χ3n) is 7.26. The van der Waals surface area contributed by atoms with Crippen LogP contribution in [0.5, 0.6) is 0 Å². The molecule has 1 aliphatic heterocycles. The number of ether oxygens (including phenoxy) is 1. The van der Waals surface area contributed by atoms with Crippen LogP contribution in [0.2, 0.25) is 0 Å². The van der Waals surface area contributed by atoms with Crippen LogP contribution in [0, 0.1) is 0 Å². The van der Waals surface area contributed by atoms with E-state index in [1.807, 2.05) is 34.9 Å². The Morgan fingerprint density at radius 3 is 2.53 bits per heavy atom. The van der Waals surface area contributed by atoms with E-state index in [1.165, 1.54) is 17.3 Å². The predicted octanol–water partition coefficient (Wildman–Crippen LogP) is 4.47. The fourth-order valence-corrected chi connectivity index (χ4v) is 6.18. The van der Waals surface area contributed by atoms with Gasteiger partial charge in [0.25, 0.3) is 5.56 Å². The summed E-state index contributed by atoms with van der Waals surface area (Å²) < 4.78 is 7.45. The average molecular weight is 478 g/mol. The Bertz CT molecular complexity index is 1200. The molecule has 1 aromatic heterocycles. The number of hydrogen-bond acceptors (Lipinski definition) is 5. The zero-order chi connectivity index (χ0) is 23.4. The van der Waals surface area contributed by atoms with E-state index in [4.69, 9.17) is 9.72 Å². The highest BCUT2D eigenvalue weighted by atomic mass is 32.2. The Morgan fingerprint density at radius 1 is 1.06 bits per heavy atom. The summed E-state index contributed by atoms with van der Waals surface area (Å²) in [6.07, 6.45) is 6.00. The minimum Gasteiger partial charge on any atom is -0.381 e. The number of carbonyl (C=O) groups excluding carboxylic acids is 1. The van der Waals surface area contributed by atoms with Gasteiger partial charge in [0.05, 0.1) is 16.7 Å². The van der Waals surface area contributed by atoms with Gasteiger partial charge in [0, 0.05) is 31.2 Å². The number of rotatable bonds is 7. The van der Waals surface area contributed by atoms with E-state index in [2.05, 4.69) is 29.6 Å². The molecule has 5 rings (SSSR count). The van der Waals surface area contributed by atoms with Crippen LogP contribution in [0.25, 0.3) is 10.9 Å². The van der Waals surface area contributed by atoms with Gasteiger partial charge in [-0.15, -0.1) is 0 Å². The predicted molar refractivity (Wildman–Crippen MR) is 135 cm³/mol. The van der Waals surface area contributed by atoms with Gasteiger partial charge >= 0.3 is 0 Å². The third-order valence-corrected chi connectivity index (χ3v) is 8.21. The first-order valence-corrected chi connectivity index (χ1v) is 13.2. The maximum Gasteiger partial charge on any atom is 0.262 e. The van der Waals surface area contributed by atoms with Gasteiger partial charge < -0.3 is 10.1 Å². The van der Waals surface area contributed by atoms with Crippen molar-refractivity contribution in [1.29, 1.82) is 0 Å². The lowest BCUT2D eigenvalue weighted by molar-refractivity contribution is -0.119. The van der Waals surface area contributed by atoms with Crippen molar-refractivity contribution in [2.75, 3.05) is 25.5 Å². The second-order valence-electron chi connectivity index (χ2n) is 9.35. The molecule has 2 aromatic carbocycles. The lowest BCUT2D eigenvalue weighted by Gasteiger charge is -2.38. The highest BCUT2D eigenvalue weighted by Gasteiger charge is 2.34.